The number of rotatable bonds is 4. The molecule has 114 valence electrons. The van der Waals surface area contributed by atoms with Crippen LogP contribution >= 0.6 is 0 Å². The Morgan fingerprint density at radius 3 is 1.62 bits per heavy atom. The number of aliphatic hydroxyl groups excluding tert-OH is 2. The Hall–Kier alpha value is -2.45. The number of aromatic nitrogens is 6. The molecular formula is C13H20N6O2. The molecular weight excluding hydrogens is 272 g/mol. The Morgan fingerprint density at radius 2 is 1.38 bits per heavy atom. The molecule has 8 heteroatoms. The standard InChI is InChI=1S/2C5H8N2O.C3H4N2/c2*8-4-3-7-2-1-6-5-7;1-2-5-3-4-1/h2*1-2,5,8H,3-4H2;1-3H,(H,4,5). The highest BCUT2D eigenvalue weighted by Gasteiger charge is 1.83. The maximum Gasteiger partial charge on any atom is 0.0946 e. The molecule has 0 saturated heterocycles. The fourth-order valence-electron chi connectivity index (χ4n) is 1.28. The molecule has 21 heavy (non-hydrogen) atoms. The van der Waals surface area contributed by atoms with Gasteiger partial charge >= 0.3 is 0 Å². The van der Waals surface area contributed by atoms with E-state index >= 15 is 0 Å². The second-order valence-corrected chi connectivity index (χ2v) is 3.81. The van der Waals surface area contributed by atoms with Crippen molar-refractivity contribution in [3.05, 3.63) is 56.2 Å². The van der Waals surface area contributed by atoms with E-state index < -0.39 is 0 Å². The predicted molar refractivity (Wildman–Crippen MR) is 77.2 cm³/mol. The highest BCUT2D eigenvalue weighted by Crippen LogP contribution is 1.82. The summed E-state index contributed by atoms with van der Waals surface area (Å²) in [5.41, 5.74) is 0. The number of nitrogens with one attached hydrogen (secondary N) is 1. The molecule has 3 rings (SSSR count). The van der Waals surface area contributed by atoms with E-state index in [-0.39, 0.29) is 13.2 Å². The van der Waals surface area contributed by atoms with Gasteiger partial charge in [-0.15, -0.1) is 0 Å². The molecule has 3 heterocycles. The van der Waals surface area contributed by atoms with Crippen molar-refractivity contribution in [2.45, 2.75) is 13.1 Å². The van der Waals surface area contributed by atoms with E-state index in [9.17, 15) is 0 Å². The molecule has 0 aliphatic heterocycles. The van der Waals surface area contributed by atoms with Gasteiger partial charge in [0.2, 0.25) is 0 Å². The van der Waals surface area contributed by atoms with Crippen LogP contribution in [0.2, 0.25) is 0 Å². The average molecular weight is 292 g/mol. The predicted octanol–water partition coefficient (Wildman–Crippen LogP) is 0.160. The van der Waals surface area contributed by atoms with Crippen LogP contribution in [0.1, 0.15) is 0 Å². The lowest BCUT2D eigenvalue weighted by Crippen LogP contribution is -1.97. The van der Waals surface area contributed by atoms with Crippen molar-refractivity contribution in [3.63, 3.8) is 0 Å². The Kier molecular flexibility index (Phi) is 9.00. The van der Waals surface area contributed by atoms with Gasteiger partial charge < -0.3 is 24.3 Å². The molecule has 0 bridgehead atoms. The van der Waals surface area contributed by atoms with Crippen molar-refractivity contribution in [1.29, 1.82) is 0 Å². The third-order valence-corrected chi connectivity index (χ3v) is 2.24. The molecule has 3 aromatic heterocycles. The molecule has 3 N–H and O–H groups in total. The van der Waals surface area contributed by atoms with Gasteiger partial charge in [-0.1, -0.05) is 0 Å². The second-order valence-electron chi connectivity index (χ2n) is 3.81. The molecule has 3 aromatic rings. The summed E-state index contributed by atoms with van der Waals surface area (Å²) in [7, 11) is 0. The highest BCUT2D eigenvalue weighted by atomic mass is 16.3. The van der Waals surface area contributed by atoms with E-state index in [2.05, 4.69) is 19.9 Å². The van der Waals surface area contributed by atoms with Crippen molar-refractivity contribution in [2.24, 2.45) is 0 Å². The first kappa shape index (κ1) is 16.6. The lowest BCUT2D eigenvalue weighted by molar-refractivity contribution is 0.275. The van der Waals surface area contributed by atoms with Crippen LogP contribution in [0.15, 0.2) is 56.2 Å². The average Bonchev–Trinajstić information content (AvgIpc) is 3.26. The lowest BCUT2D eigenvalue weighted by Gasteiger charge is -1.92. The van der Waals surface area contributed by atoms with E-state index in [0.29, 0.717) is 13.1 Å². The SMILES string of the molecule is OCCn1ccnc1.OCCn1ccnc1.c1c[nH]cn1. The smallest absolute Gasteiger partial charge is 0.0946 e. The summed E-state index contributed by atoms with van der Waals surface area (Å²) in [6.45, 7) is 1.63. The maximum atomic E-state index is 8.39. The third kappa shape index (κ3) is 8.35. The minimum Gasteiger partial charge on any atom is -0.395 e. The molecule has 8 nitrogen and oxygen atoms in total. The molecule has 0 unspecified atom stereocenters. The second kappa shape index (κ2) is 11.4. The Balaban J connectivity index is 0.000000162. The molecule has 0 aromatic carbocycles. The summed E-state index contributed by atoms with van der Waals surface area (Å²) in [5, 5.41) is 16.8. The summed E-state index contributed by atoms with van der Waals surface area (Å²) in [4.78, 5) is 14.0. The molecule has 0 spiro atoms. The molecule has 0 atom stereocenters. The van der Waals surface area contributed by atoms with Crippen LogP contribution in [-0.2, 0) is 13.1 Å². The van der Waals surface area contributed by atoms with Crippen molar-refractivity contribution in [2.75, 3.05) is 13.2 Å². The van der Waals surface area contributed by atoms with Crippen molar-refractivity contribution < 1.29 is 10.2 Å². The van der Waals surface area contributed by atoms with Gasteiger partial charge in [0.15, 0.2) is 0 Å². The zero-order valence-electron chi connectivity index (χ0n) is 11.7. The van der Waals surface area contributed by atoms with Gasteiger partial charge in [-0.05, 0) is 0 Å². The van der Waals surface area contributed by atoms with E-state index in [0.717, 1.165) is 0 Å². The number of imidazole rings is 3. The van der Waals surface area contributed by atoms with Gasteiger partial charge in [0.05, 0.1) is 32.2 Å². The van der Waals surface area contributed by atoms with Gasteiger partial charge in [-0.2, -0.15) is 0 Å². The number of aliphatic hydroxyl groups is 2. The summed E-state index contributed by atoms with van der Waals surface area (Å²) >= 11 is 0. The van der Waals surface area contributed by atoms with Crippen LogP contribution < -0.4 is 0 Å². The molecule has 0 amide bonds. The van der Waals surface area contributed by atoms with Crippen LogP contribution in [0, 0.1) is 0 Å². The number of H-pyrrole nitrogens is 1. The maximum absolute atomic E-state index is 8.39. The Morgan fingerprint density at radius 1 is 0.810 bits per heavy atom. The fourth-order valence-corrected chi connectivity index (χ4v) is 1.28. The zero-order chi connectivity index (χ0) is 15.2. The summed E-state index contributed by atoms with van der Waals surface area (Å²) in [6.07, 6.45) is 15.4. The van der Waals surface area contributed by atoms with Gasteiger partial charge in [0.1, 0.15) is 0 Å². The van der Waals surface area contributed by atoms with Crippen molar-refractivity contribution in [1.82, 2.24) is 29.1 Å². The van der Waals surface area contributed by atoms with Crippen LogP contribution in [0.5, 0.6) is 0 Å². The normalized spacial score (nSPS) is 9.24. The van der Waals surface area contributed by atoms with Gasteiger partial charge in [0, 0.05) is 50.3 Å². The number of nitrogens with zero attached hydrogens (tertiary/aromatic N) is 5. The molecule has 0 aliphatic carbocycles. The lowest BCUT2D eigenvalue weighted by atomic mass is 10.7. The summed E-state index contributed by atoms with van der Waals surface area (Å²) < 4.78 is 3.64. The minimum absolute atomic E-state index is 0.177. The monoisotopic (exact) mass is 292 g/mol. The van der Waals surface area contributed by atoms with Crippen LogP contribution in [0.3, 0.4) is 0 Å². The number of aromatic amines is 1. The highest BCUT2D eigenvalue weighted by molar-refractivity contribution is 4.73. The first-order valence-corrected chi connectivity index (χ1v) is 6.42. The first-order valence-electron chi connectivity index (χ1n) is 6.42. The van der Waals surface area contributed by atoms with E-state index in [1.807, 2.05) is 21.5 Å². The van der Waals surface area contributed by atoms with Crippen LogP contribution in [0.25, 0.3) is 0 Å². The quantitative estimate of drug-likeness (QED) is 0.635. The summed E-state index contributed by atoms with van der Waals surface area (Å²) in [5.74, 6) is 0. The first-order chi connectivity index (χ1) is 10.4. The Bertz CT molecular complexity index is 453. The summed E-state index contributed by atoms with van der Waals surface area (Å²) in [6, 6.07) is 0. The van der Waals surface area contributed by atoms with E-state index in [1.165, 1.54) is 0 Å². The number of hydrogen-bond acceptors (Lipinski definition) is 5. The van der Waals surface area contributed by atoms with Gasteiger partial charge in [-0.3, -0.25) is 0 Å². The molecule has 0 aliphatic rings. The zero-order valence-corrected chi connectivity index (χ0v) is 11.7. The van der Waals surface area contributed by atoms with Crippen LogP contribution in [-0.4, -0.2) is 52.5 Å². The Labute approximate surface area is 122 Å². The molecule has 0 fully saturated rings. The van der Waals surface area contributed by atoms with Gasteiger partial charge in [-0.25, -0.2) is 15.0 Å². The van der Waals surface area contributed by atoms with Crippen LogP contribution in [0.4, 0.5) is 0 Å². The van der Waals surface area contributed by atoms with E-state index in [1.54, 1.807) is 43.8 Å². The van der Waals surface area contributed by atoms with E-state index in [4.69, 9.17) is 10.2 Å². The van der Waals surface area contributed by atoms with Crippen molar-refractivity contribution >= 4 is 0 Å². The molecule has 0 saturated carbocycles. The van der Waals surface area contributed by atoms with Crippen molar-refractivity contribution in [3.8, 4) is 0 Å². The third-order valence-electron chi connectivity index (χ3n) is 2.24. The van der Waals surface area contributed by atoms with Gasteiger partial charge in [0.25, 0.3) is 0 Å². The minimum atomic E-state index is 0.177. The fraction of sp³-hybridized carbons (Fsp3) is 0.308. The number of hydrogen-bond donors (Lipinski definition) is 3. The largest absolute Gasteiger partial charge is 0.395 e. The molecule has 0 radical (unpaired) electrons. The topological polar surface area (TPSA) is 105 Å².